The normalized spacial score (nSPS) is 22.3. The highest BCUT2D eigenvalue weighted by molar-refractivity contribution is 5.85. The van der Waals surface area contributed by atoms with Crippen molar-refractivity contribution in [3.63, 3.8) is 0 Å². The van der Waals surface area contributed by atoms with Gasteiger partial charge in [-0.1, -0.05) is 0 Å². The van der Waals surface area contributed by atoms with Gasteiger partial charge in [0.25, 0.3) is 0 Å². The molecule has 1 aliphatic heterocycles. The summed E-state index contributed by atoms with van der Waals surface area (Å²) in [4.78, 5) is 0. The zero-order valence-corrected chi connectivity index (χ0v) is 9.60. The topological polar surface area (TPSA) is 35.2 Å². The van der Waals surface area contributed by atoms with Crippen LogP contribution in [0.2, 0.25) is 0 Å². The molecule has 0 saturated heterocycles. The van der Waals surface area contributed by atoms with E-state index in [0.29, 0.717) is 12.2 Å². The molecule has 2 nitrogen and oxygen atoms in total. The summed E-state index contributed by atoms with van der Waals surface area (Å²) >= 11 is 0. The third kappa shape index (κ3) is 2.41. The van der Waals surface area contributed by atoms with Gasteiger partial charge in [-0.25, -0.2) is 4.39 Å². The highest BCUT2D eigenvalue weighted by atomic mass is 35.5. The summed E-state index contributed by atoms with van der Waals surface area (Å²) in [7, 11) is 0. The van der Waals surface area contributed by atoms with E-state index in [9.17, 15) is 4.39 Å². The first kappa shape index (κ1) is 12.3. The Morgan fingerprint density at radius 3 is 2.80 bits per heavy atom. The average molecular weight is 232 g/mol. The maximum absolute atomic E-state index is 12.9. The smallest absolute Gasteiger partial charge is 0.125 e. The number of fused-ring (bicyclic) bond motifs is 1. The van der Waals surface area contributed by atoms with Crippen molar-refractivity contribution in [2.45, 2.75) is 31.9 Å². The Kier molecular flexibility index (Phi) is 3.26. The van der Waals surface area contributed by atoms with E-state index in [1.165, 1.54) is 12.1 Å². The zero-order valence-electron chi connectivity index (χ0n) is 8.79. The molecule has 1 heterocycles. The van der Waals surface area contributed by atoms with Crippen molar-refractivity contribution in [3.8, 4) is 5.75 Å². The molecule has 0 radical (unpaired) electrons. The van der Waals surface area contributed by atoms with Crippen molar-refractivity contribution in [3.05, 3.63) is 29.6 Å². The quantitative estimate of drug-likeness (QED) is 0.745. The molecular formula is C11H15ClFNO. The second-order valence-corrected chi connectivity index (χ2v) is 4.35. The monoisotopic (exact) mass is 231 g/mol. The second-order valence-electron chi connectivity index (χ2n) is 4.35. The van der Waals surface area contributed by atoms with Crippen molar-refractivity contribution in [1.82, 2.24) is 0 Å². The molecule has 0 fully saturated rings. The highest BCUT2D eigenvalue weighted by Crippen LogP contribution is 2.38. The lowest BCUT2D eigenvalue weighted by atomic mass is 9.90. The van der Waals surface area contributed by atoms with Gasteiger partial charge in [-0.3, -0.25) is 0 Å². The summed E-state index contributed by atoms with van der Waals surface area (Å²) < 4.78 is 18.6. The number of nitrogens with two attached hydrogens (primary N) is 1. The fourth-order valence-electron chi connectivity index (χ4n) is 1.88. The van der Waals surface area contributed by atoms with Crippen LogP contribution in [-0.4, -0.2) is 5.60 Å². The van der Waals surface area contributed by atoms with Crippen molar-refractivity contribution < 1.29 is 9.13 Å². The third-order valence-electron chi connectivity index (χ3n) is 2.47. The van der Waals surface area contributed by atoms with Gasteiger partial charge in [0.15, 0.2) is 0 Å². The maximum Gasteiger partial charge on any atom is 0.125 e. The molecule has 1 aromatic rings. The van der Waals surface area contributed by atoms with Gasteiger partial charge in [-0.15, -0.1) is 12.4 Å². The van der Waals surface area contributed by atoms with Crippen LogP contribution in [0, 0.1) is 5.82 Å². The van der Waals surface area contributed by atoms with Crippen molar-refractivity contribution >= 4 is 12.4 Å². The van der Waals surface area contributed by atoms with Crippen molar-refractivity contribution in [2.24, 2.45) is 5.73 Å². The Balaban J connectivity index is 0.00000112. The summed E-state index contributed by atoms with van der Waals surface area (Å²) in [6, 6.07) is 4.36. The lowest BCUT2D eigenvalue weighted by molar-refractivity contribution is 0.0726. The highest BCUT2D eigenvalue weighted by Gasteiger charge is 2.31. The number of halogens is 2. The second kappa shape index (κ2) is 3.99. The summed E-state index contributed by atoms with van der Waals surface area (Å²) in [5.74, 6) is 0.442. The van der Waals surface area contributed by atoms with Crippen LogP contribution in [-0.2, 0) is 0 Å². The largest absolute Gasteiger partial charge is 0.487 e. The molecule has 0 aliphatic carbocycles. The molecule has 0 amide bonds. The molecule has 2 N–H and O–H groups in total. The Bertz CT molecular complexity index is 368. The molecule has 0 aromatic heterocycles. The molecule has 2 rings (SSSR count). The van der Waals surface area contributed by atoms with E-state index in [1.54, 1.807) is 6.07 Å². The van der Waals surface area contributed by atoms with E-state index in [2.05, 4.69) is 0 Å². The Morgan fingerprint density at radius 2 is 2.13 bits per heavy atom. The number of hydrogen-bond acceptors (Lipinski definition) is 2. The van der Waals surface area contributed by atoms with Crippen LogP contribution in [0.1, 0.15) is 31.9 Å². The summed E-state index contributed by atoms with van der Waals surface area (Å²) in [6.07, 6.45) is 0.712. The van der Waals surface area contributed by atoms with E-state index < -0.39 is 0 Å². The lowest BCUT2D eigenvalue weighted by Crippen LogP contribution is -2.37. The molecule has 0 spiro atoms. The predicted molar refractivity (Wildman–Crippen MR) is 59.9 cm³/mol. The number of hydrogen-bond donors (Lipinski definition) is 1. The van der Waals surface area contributed by atoms with E-state index in [4.69, 9.17) is 10.5 Å². The van der Waals surface area contributed by atoms with Crippen LogP contribution >= 0.6 is 12.4 Å². The van der Waals surface area contributed by atoms with Gasteiger partial charge in [0.05, 0.1) is 0 Å². The number of benzene rings is 1. The minimum Gasteiger partial charge on any atom is -0.487 e. The molecule has 1 aliphatic rings. The van der Waals surface area contributed by atoms with Crippen LogP contribution in [0.25, 0.3) is 0 Å². The molecule has 84 valence electrons. The van der Waals surface area contributed by atoms with Gasteiger partial charge in [0.1, 0.15) is 17.2 Å². The van der Waals surface area contributed by atoms with Crippen LogP contribution in [0.3, 0.4) is 0 Å². The number of ether oxygens (including phenoxy) is 1. The summed E-state index contributed by atoms with van der Waals surface area (Å²) in [5.41, 5.74) is 6.45. The standard InChI is InChI=1S/C11H14FNO.ClH/c1-11(2)6-9(13)8-5-7(12)3-4-10(8)14-11;/h3-5,9H,6,13H2,1-2H3;1H. The minimum absolute atomic E-state index is 0. The van der Waals surface area contributed by atoms with E-state index >= 15 is 0 Å². The van der Waals surface area contributed by atoms with E-state index in [1.807, 2.05) is 13.8 Å². The molecule has 1 aromatic carbocycles. The fourth-order valence-corrected chi connectivity index (χ4v) is 1.88. The predicted octanol–water partition coefficient (Wildman–Crippen LogP) is 2.81. The number of rotatable bonds is 0. The first-order valence-corrected chi connectivity index (χ1v) is 4.72. The van der Waals surface area contributed by atoms with Crippen LogP contribution < -0.4 is 10.5 Å². The minimum atomic E-state index is -0.262. The molecule has 0 bridgehead atoms. The van der Waals surface area contributed by atoms with Gasteiger partial charge in [-0.05, 0) is 32.0 Å². The van der Waals surface area contributed by atoms with Crippen LogP contribution in [0.4, 0.5) is 4.39 Å². The van der Waals surface area contributed by atoms with Gasteiger partial charge in [-0.2, -0.15) is 0 Å². The zero-order chi connectivity index (χ0) is 10.3. The summed E-state index contributed by atoms with van der Waals surface area (Å²) in [5, 5.41) is 0. The molecule has 4 heteroatoms. The first-order valence-electron chi connectivity index (χ1n) is 4.72. The van der Waals surface area contributed by atoms with Crippen LogP contribution in [0.15, 0.2) is 18.2 Å². The molecular weight excluding hydrogens is 217 g/mol. The van der Waals surface area contributed by atoms with Crippen LogP contribution in [0.5, 0.6) is 5.75 Å². The maximum atomic E-state index is 12.9. The Hall–Kier alpha value is -0.800. The third-order valence-corrected chi connectivity index (χ3v) is 2.47. The molecule has 15 heavy (non-hydrogen) atoms. The molecule has 1 unspecified atom stereocenters. The Labute approximate surface area is 95.0 Å². The van der Waals surface area contributed by atoms with Gasteiger partial charge in [0.2, 0.25) is 0 Å². The van der Waals surface area contributed by atoms with Gasteiger partial charge >= 0.3 is 0 Å². The van der Waals surface area contributed by atoms with Crippen molar-refractivity contribution in [1.29, 1.82) is 0 Å². The van der Waals surface area contributed by atoms with Crippen molar-refractivity contribution in [2.75, 3.05) is 0 Å². The molecule has 0 saturated carbocycles. The van der Waals surface area contributed by atoms with E-state index in [-0.39, 0.29) is 29.9 Å². The SMILES string of the molecule is CC1(C)CC(N)c2cc(F)ccc2O1.Cl. The summed E-state index contributed by atoms with van der Waals surface area (Å²) in [6.45, 7) is 3.97. The first-order chi connectivity index (χ1) is 6.48. The van der Waals surface area contributed by atoms with E-state index in [0.717, 1.165) is 5.56 Å². The average Bonchev–Trinajstić information content (AvgIpc) is 2.05. The Morgan fingerprint density at radius 1 is 1.47 bits per heavy atom. The van der Waals surface area contributed by atoms with Gasteiger partial charge < -0.3 is 10.5 Å². The lowest BCUT2D eigenvalue weighted by Gasteiger charge is -2.36. The van der Waals surface area contributed by atoms with Gasteiger partial charge in [0, 0.05) is 18.0 Å². The molecule has 1 atom stereocenters. The fraction of sp³-hybridized carbons (Fsp3) is 0.455.